The third-order valence-electron chi connectivity index (χ3n) is 3.33. The molecule has 2 heterocycles. The van der Waals surface area contributed by atoms with Crippen molar-refractivity contribution in [3.05, 3.63) is 0 Å². The smallest absolute Gasteiger partial charge is 0.318 e. The Morgan fingerprint density at radius 3 is 2.86 bits per heavy atom. The van der Waals surface area contributed by atoms with Gasteiger partial charge in [-0.15, -0.1) is 5.10 Å². The number of nitrogens with zero attached hydrogens (tertiary/aromatic N) is 6. The van der Waals surface area contributed by atoms with E-state index in [2.05, 4.69) is 20.8 Å². The molecule has 0 aliphatic carbocycles. The number of likely N-dealkylation sites (N-methyl/N-ethyl adjacent to an activating group) is 1. The lowest BCUT2D eigenvalue weighted by Crippen LogP contribution is -2.58. The number of thioether (sulfide) groups is 1. The van der Waals surface area contributed by atoms with Gasteiger partial charge in [0.15, 0.2) is 0 Å². The lowest BCUT2D eigenvalue weighted by molar-refractivity contribution is -0.137. The molecule has 2 rings (SSSR count). The molecule has 1 saturated heterocycles. The maximum absolute atomic E-state index is 12.1. The van der Waals surface area contributed by atoms with Crippen LogP contribution in [0.5, 0.6) is 0 Å². The van der Waals surface area contributed by atoms with Crippen molar-refractivity contribution in [2.75, 3.05) is 32.4 Å². The maximum atomic E-state index is 12.1. The van der Waals surface area contributed by atoms with E-state index in [4.69, 9.17) is 0 Å². The predicted octanol–water partition coefficient (Wildman–Crippen LogP) is -0.826. The Morgan fingerprint density at radius 1 is 1.43 bits per heavy atom. The van der Waals surface area contributed by atoms with Gasteiger partial charge >= 0.3 is 6.03 Å². The van der Waals surface area contributed by atoms with E-state index in [0.717, 1.165) is 0 Å². The maximum Gasteiger partial charge on any atom is 0.318 e. The van der Waals surface area contributed by atoms with E-state index in [1.807, 2.05) is 0 Å². The highest BCUT2D eigenvalue weighted by Gasteiger charge is 2.32. The molecule has 116 valence electrons. The highest BCUT2D eigenvalue weighted by molar-refractivity contribution is 7.99. The number of carbonyl (C=O) groups excluding carboxylic acids is 2. The standard InChI is InChI=1S/C11H19N7O2S/c1-8-9(19)16(2)5-6-18(8)10(20)12-4-7-21-11-13-14-15-17(11)3/h8H,4-7H2,1-3H3,(H,12,20). The van der Waals surface area contributed by atoms with Gasteiger partial charge in [-0.25, -0.2) is 9.48 Å². The molecule has 0 aromatic carbocycles. The molecule has 1 aliphatic heterocycles. The molecule has 1 unspecified atom stereocenters. The summed E-state index contributed by atoms with van der Waals surface area (Å²) in [4.78, 5) is 27.1. The number of rotatable bonds is 4. The zero-order valence-electron chi connectivity index (χ0n) is 12.3. The number of carbonyl (C=O) groups is 2. The van der Waals surface area contributed by atoms with Crippen LogP contribution >= 0.6 is 11.8 Å². The normalized spacial score (nSPS) is 19.0. The van der Waals surface area contributed by atoms with Gasteiger partial charge in [-0.3, -0.25) is 4.79 Å². The van der Waals surface area contributed by atoms with Gasteiger partial charge in [0.05, 0.1) is 0 Å². The summed E-state index contributed by atoms with van der Waals surface area (Å²) >= 11 is 1.46. The first kappa shape index (κ1) is 15.5. The zero-order chi connectivity index (χ0) is 15.4. The largest absolute Gasteiger partial charge is 0.342 e. The van der Waals surface area contributed by atoms with Gasteiger partial charge in [-0.2, -0.15) is 0 Å². The average Bonchev–Trinajstić information content (AvgIpc) is 2.86. The van der Waals surface area contributed by atoms with E-state index < -0.39 is 6.04 Å². The number of aryl methyl sites for hydroxylation is 1. The molecule has 0 saturated carbocycles. The molecule has 1 fully saturated rings. The second kappa shape index (κ2) is 6.74. The van der Waals surface area contributed by atoms with Crippen LogP contribution < -0.4 is 5.32 Å². The average molecular weight is 313 g/mol. The first-order valence-corrected chi connectivity index (χ1v) is 7.64. The lowest BCUT2D eigenvalue weighted by atomic mass is 10.2. The first-order valence-electron chi connectivity index (χ1n) is 6.65. The van der Waals surface area contributed by atoms with Crippen LogP contribution in [-0.2, 0) is 11.8 Å². The Hall–Kier alpha value is -1.84. The quantitative estimate of drug-likeness (QED) is 0.576. The van der Waals surface area contributed by atoms with Gasteiger partial charge in [0.1, 0.15) is 6.04 Å². The van der Waals surface area contributed by atoms with Gasteiger partial charge in [0.2, 0.25) is 11.1 Å². The molecule has 0 spiro atoms. The minimum atomic E-state index is -0.417. The fraction of sp³-hybridized carbons (Fsp3) is 0.727. The van der Waals surface area contributed by atoms with Gasteiger partial charge < -0.3 is 15.1 Å². The molecule has 21 heavy (non-hydrogen) atoms. The van der Waals surface area contributed by atoms with E-state index in [-0.39, 0.29) is 11.9 Å². The van der Waals surface area contributed by atoms with E-state index in [9.17, 15) is 9.59 Å². The number of hydrogen-bond donors (Lipinski definition) is 1. The second-order valence-electron chi connectivity index (χ2n) is 4.79. The Balaban J connectivity index is 1.74. The molecule has 1 atom stereocenters. The number of hydrogen-bond acceptors (Lipinski definition) is 6. The number of piperazine rings is 1. The lowest BCUT2D eigenvalue weighted by Gasteiger charge is -2.37. The van der Waals surface area contributed by atoms with Crippen molar-refractivity contribution in [2.24, 2.45) is 7.05 Å². The summed E-state index contributed by atoms with van der Waals surface area (Å²) in [6, 6.07) is -0.625. The van der Waals surface area contributed by atoms with Crippen molar-refractivity contribution in [1.29, 1.82) is 0 Å². The summed E-state index contributed by atoms with van der Waals surface area (Å²) in [6.45, 7) is 3.35. The molecule has 0 bridgehead atoms. The SMILES string of the molecule is CC1C(=O)N(C)CCN1C(=O)NCCSc1nnnn1C. The molecule has 1 aromatic rings. The van der Waals surface area contributed by atoms with Crippen molar-refractivity contribution >= 4 is 23.7 Å². The summed E-state index contributed by atoms with van der Waals surface area (Å²) in [5.74, 6) is 0.631. The molecule has 0 radical (unpaired) electrons. The van der Waals surface area contributed by atoms with E-state index in [0.29, 0.717) is 30.5 Å². The highest BCUT2D eigenvalue weighted by Crippen LogP contribution is 2.12. The van der Waals surface area contributed by atoms with Crippen molar-refractivity contribution in [1.82, 2.24) is 35.3 Å². The van der Waals surface area contributed by atoms with Gasteiger partial charge in [-0.1, -0.05) is 11.8 Å². The number of urea groups is 1. The van der Waals surface area contributed by atoms with Gasteiger partial charge in [-0.05, 0) is 17.4 Å². The molecular formula is C11H19N7O2S. The van der Waals surface area contributed by atoms with Crippen LogP contribution in [0.4, 0.5) is 4.79 Å². The Kier molecular flexibility index (Phi) is 4.99. The minimum absolute atomic E-state index is 0.0315. The molecule has 10 heteroatoms. The van der Waals surface area contributed by atoms with Crippen LogP contribution in [0.3, 0.4) is 0 Å². The minimum Gasteiger partial charge on any atom is -0.342 e. The van der Waals surface area contributed by atoms with Crippen LogP contribution in [0.25, 0.3) is 0 Å². The van der Waals surface area contributed by atoms with E-state index in [1.54, 1.807) is 35.5 Å². The number of nitrogens with one attached hydrogen (secondary N) is 1. The van der Waals surface area contributed by atoms with E-state index in [1.165, 1.54) is 11.8 Å². The van der Waals surface area contributed by atoms with Crippen LogP contribution in [-0.4, -0.2) is 80.4 Å². The van der Waals surface area contributed by atoms with Gasteiger partial charge in [0.25, 0.3) is 0 Å². The number of amides is 3. The molecule has 1 aromatic heterocycles. The summed E-state index contributed by atoms with van der Waals surface area (Å²) in [6.07, 6.45) is 0. The molecule has 1 aliphatic rings. The highest BCUT2D eigenvalue weighted by atomic mass is 32.2. The molecule has 9 nitrogen and oxygen atoms in total. The third kappa shape index (κ3) is 3.63. The summed E-state index contributed by atoms with van der Waals surface area (Å²) < 4.78 is 1.58. The summed E-state index contributed by atoms with van der Waals surface area (Å²) in [7, 11) is 3.51. The molecule has 1 N–H and O–H groups in total. The van der Waals surface area contributed by atoms with Crippen LogP contribution in [0.2, 0.25) is 0 Å². The van der Waals surface area contributed by atoms with Crippen LogP contribution in [0.15, 0.2) is 5.16 Å². The van der Waals surface area contributed by atoms with Crippen molar-refractivity contribution in [3.63, 3.8) is 0 Å². The van der Waals surface area contributed by atoms with Crippen molar-refractivity contribution in [3.8, 4) is 0 Å². The summed E-state index contributed by atoms with van der Waals surface area (Å²) in [5.41, 5.74) is 0. The predicted molar refractivity (Wildman–Crippen MR) is 76.7 cm³/mol. The van der Waals surface area contributed by atoms with Crippen molar-refractivity contribution in [2.45, 2.75) is 18.1 Å². The number of tetrazole rings is 1. The van der Waals surface area contributed by atoms with Gasteiger partial charge in [0, 0.05) is 39.5 Å². The van der Waals surface area contributed by atoms with Crippen molar-refractivity contribution < 1.29 is 9.59 Å². The Morgan fingerprint density at radius 2 is 2.19 bits per heavy atom. The van der Waals surface area contributed by atoms with E-state index >= 15 is 0 Å². The Bertz CT molecular complexity index is 520. The summed E-state index contributed by atoms with van der Waals surface area (Å²) in [5, 5.41) is 14.6. The fourth-order valence-electron chi connectivity index (χ4n) is 2.04. The topological polar surface area (TPSA) is 96.2 Å². The molecular weight excluding hydrogens is 294 g/mol. The van der Waals surface area contributed by atoms with Crippen LogP contribution in [0, 0.1) is 0 Å². The molecule has 3 amide bonds. The monoisotopic (exact) mass is 313 g/mol. The number of aromatic nitrogens is 4. The zero-order valence-corrected chi connectivity index (χ0v) is 13.1. The van der Waals surface area contributed by atoms with Crippen LogP contribution in [0.1, 0.15) is 6.92 Å². The fourth-order valence-corrected chi connectivity index (χ4v) is 2.74. The Labute approximate surface area is 127 Å². The first-order chi connectivity index (χ1) is 10.0. The second-order valence-corrected chi connectivity index (χ2v) is 5.86. The third-order valence-corrected chi connectivity index (χ3v) is 4.34.